The van der Waals surface area contributed by atoms with Crippen LogP contribution in [0.5, 0.6) is 0 Å². The van der Waals surface area contributed by atoms with Gasteiger partial charge in [0.15, 0.2) is 5.82 Å². The molecule has 0 aliphatic heterocycles. The van der Waals surface area contributed by atoms with Crippen LogP contribution in [-0.2, 0) is 11.3 Å². The highest BCUT2D eigenvalue weighted by Crippen LogP contribution is 2.03. The van der Waals surface area contributed by atoms with Crippen LogP contribution in [-0.4, -0.2) is 23.1 Å². The van der Waals surface area contributed by atoms with E-state index >= 15 is 0 Å². The van der Waals surface area contributed by atoms with E-state index in [0.29, 0.717) is 6.61 Å². The maximum Gasteiger partial charge on any atom is 0.156 e. The van der Waals surface area contributed by atoms with E-state index in [4.69, 9.17) is 4.74 Å². The first-order valence-electron chi connectivity index (χ1n) is 5.50. The molecule has 0 unspecified atom stereocenters. The molecule has 1 aromatic rings. The van der Waals surface area contributed by atoms with Crippen LogP contribution in [0.25, 0.3) is 0 Å². The third kappa shape index (κ3) is 4.74. The molecule has 0 saturated carbocycles. The molecular formula is C11H19N3O. The van der Waals surface area contributed by atoms with Crippen LogP contribution in [0, 0.1) is 0 Å². The Kier molecular flexibility index (Phi) is 5.70. The molecule has 1 rings (SSSR count). The lowest BCUT2D eigenvalue weighted by Gasteiger charge is -2.05. The number of nitrogens with one attached hydrogen (secondary N) is 1. The van der Waals surface area contributed by atoms with E-state index in [1.165, 1.54) is 0 Å². The lowest BCUT2D eigenvalue weighted by Crippen LogP contribution is -2.05. The molecule has 0 atom stereocenters. The van der Waals surface area contributed by atoms with Crippen LogP contribution < -0.4 is 5.32 Å². The summed E-state index contributed by atoms with van der Waals surface area (Å²) in [4.78, 5) is 8.48. The predicted molar refractivity (Wildman–Crippen MR) is 60.8 cm³/mol. The first-order valence-corrected chi connectivity index (χ1v) is 5.50. The Balaban J connectivity index is 2.42. The number of aromatic nitrogens is 2. The van der Waals surface area contributed by atoms with Crippen LogP contribution in [0.15, 0.2) is 12.3 Å². The van der Waals surface area contributed by atoms with E-state index < -0.39 is 0 Å². The van der Waals surface area contributed by atoms with Crippen molar-refractivity contribution in [3.05, 3.63) is 18.1 Å². The Morgan fingerprint density at radius 3 is 2.93 bits per heavy atom. The summed E-state index contributed by atoms with van der Waals surface area (Å²) in [5.41, 5.74) is 0. The zero-order valence-corrected chi connectivity index (χ0v) is 9.49. The zero-order valence-electron chi connectivity index (χ0n) is 9.49. The van der Waals surface area contributed by atoms with Crippen molar-refractivity contribution in [3.8, 4) is 0 Å². The maximum absolute atomic E-state index is 5.38. The Morgan fingerprint density at radius 1 is 1.33 bits per heavy atom. The second-order valence-electron chi connectivity index (χ2n) is 3.34. The van der Waals surface area contributed by atoms with Crippen LogP contribution in [0.2, 0.25) is 0 Å². The molecule has 0 aromatic carbocycles. The van der Waals surface area contributed by atoms with Crippen molar-refractivity contribution in [1.29, 1.82) is 0 Å². The van der Waals surface area contributed by atoms with Gasteiger partial charge in [0.25, 0.3) is 0 Å². The van der Waals surface area contributed by atoms with Gasteiger partial charge >= 0.3 is 0 Å². The molecule has 0 aliphatic rings. The quantitative estimate of drug-likeness (QED) is 0.699. The minimum atomic E-state index is 0.496. The molecule has 0 spiro atoms. The molecule has 4 nitrogen and oxygen atoms in total. The lowest BCUT2D eigenvalue weighted by molar-refractivity contribution is 0.116. The lowest BCUT2D eigenvalue weighted by atomic mass is 10.4. The summed E-state index contributed by atoms with van der Waals surface area (Å²) in [5, 5.41) is 3.22. The van der Waals surface area contributed by atoms with Gasteiger partial charge < -0.3 is 10.1 Å². The van der Waals surface area contributed by atoms with Gasteiger partial charge in [-0.3, -0.25) is 0 Å². The van der Waals surface area contributed by atoms with Gasteiger partial charge in [-0.25, -0.2) is 9.97 Å². The topological polar surface area (TPSA) is 47.0 Å². The summed E-state index contributed by atoms with van der Waals surface area (Å²) in [5.74, 6) is 1.62. The van der Waals surface area contributed by atoms with Gasteiger partial charge in [-0.15, -0.1) is 0 Å². The Hall–Kier alpha value is -1.16. The van der Waals surface area contributed by atoms with Crippen molar-refractivity contribution in [2.24, 2.45) is 0 Å². The zero-order chi connectivity index (χ0) is 10.9. The second kappa shape index (κ2) is 7.17. The fourth-order valence-electron chi connectivity index (χ4n) is 1.13. The fourth-order valence-corrected chi connectivity index (χ4v) is 1.13. The molecule has 0 bridgehead atoms. The van der Waals surface area contributed by atoms with Gasteiger partial charge in [0, 0.05) is 19.3 Å². The number of ether oxygens (including phenoxy) is 1. The molecule has 1 aromatic heterocycles. The maximum atomic E-state index is 5.38. The first kappa shape index (κ1) is 11.9. The summed E-state index contributed by atoms with van der Waals surface area (Å²) >= 11 is 0. The second-order valence-corrected chi connectivity index (χ2v) is 3.34. The smallest absolute Gasteiger partial charge is 0.156 e. The van der Waals surface area contributed by atoms with E-state index in [1.54, 1.807) is 6.20 Å². The van der Waals surface area contributed by atoms with Gasteiger partial charge in [0.2, 0.25) is 0 Å². The molecule has 0 saturated heterocycles. The molecule has 0 aliphatic carbocycles. The number of hydrogen-bond acceptors (Lipinski definition) is 4. The number of anilines is 1. The van der Waals surface area contributed by atoms with E-state index in [2.05, 4.69) is 29.1 Å². The van der Waals surface area contributed by atoms with Crippen molar-refractivity contribution in [2.45, 2.75) is 33.3 Å². The van der Waals surface area contributed by atoms with Crippen LogP contribution in [0.4, 0.5) is 5.82 Å². The van der Waals surface area contributed by atoms with Gasteiger partial charge in [-0.2, -0.15) is 0 Å². The van der Waals surface area contributed by atoms with Crippen molar-refractivity contribution in [3.63, 3.8) is 0 Å². The van der Waals surface area contributed by atoms with Crippen molar-refractivity contribution < 1.29 is 4.74 Å². The molecule has 1 N–H and O–H groups in total. The number of hydrogen-bond donors (Lipinski definition) is 1. The van der Waals surface area contributed by atoms with E-state index in [1.807, 2.05) is 6.07 Å². The average Bonchev–Trinajstić information content (AvgIpc) is 2.27. The summed E-state index contributed by atoms with van der Waals surface area (Å²) < 4.78 is 5.38. The van der Waals surface area contributed by atoms with Gasteiger partial charge in [0.05, 0.1) is 0 Å². The monoisotopic (exact) mass is 209 g/mol. The standard InChI is InChI=1S/C11H19N3O/c1-3-6-12-10-5-7-13-11(14-10)9-15-8-4-2/h5,7H,3-4,6,8-9H2,1-2H3,(H,12,13,14). The number of rotatable bonds is 7. The average molecular weight is 209 g/mol. The molecule has 84 valence electrons. The van der Waals surface area contributed by atoms with Crippen molar-refractivity contribution in [1.82, 2.24) is 9.97 Å². The Morgan fingerprint density at radius 2 is 2.20 bits per heavy atom. The van der Waals surface area contributed by atoms with Crippen LogP contribution in [0.1, 0.15) is 32.5 Å². The van der Waals surface area contributed by atoms with Gasteiger partial charge in [-0.05, 0) is 18.9 Å². The summed E-state index contributed by atoms with van der Waals surface area (Å²) in [6.45, 7) is 6.40. The Bertz CT molecular complexity index is 278. The van der Waals surface area contributed by atoms with E-state index in [-0.39, 0.29) is 0 Å². The molecular weight excluding hydrogens is 190 g/mol. The minimum absolute atomic E-state index is 0.496. The summed E-state index contributed by atoms with van der Waals surface area (Å²) in [7, 11) is 0. The van der Waals surface area contributed by atoms with Crippen molar-refractivity contribution >= 4 is 5.82 Å². The SMILES string of the molecule is CCCNc1ccnc(COCCC)n1. The molecule has 15 heavy (non-hydrogen) atoms. The molecule has 0 radical (unpaired) electrons. The number of nitrogens with zero attached hydrogens (tertiary/aromatic N) is 2. The molecule has 4 heteroatoms. The molecule has 0 amide bonds. The normalized spacial score (nSPS) is 10.3. The van der Waals surface area contributed by atoms with Crippen LogP contribution >= 0.6 is 0 Å². The van der Waals surface area contributed by atoms with E-state index in [0.717, 1.165) is 37.6 Å². The highest BCUT2D eigenvalue weighted by atomic mass is 16.5. The predicted octanol–water partition coefficient (Wildman–Crippen LogP) is 2.23. The summed E-state index contributed by atoms with van der Waals surface area (Å²) in [6, 6.07) is 1.87. The minimum Gasteiger partial charge on any atom is -0.373 e. The summed E-state index contributed by atoms with van der Waals surface area (Å²) in [6.07, 6.45) is 3.87. The third-order valence-electron chi connectivity index (χ3n) is 1.84. The van der Waals surface area contributed by atoms with Crippen molar-refractivity contribution in [2.75, 3.05) is 18.5 Å². The first-order chi connectivity index (χ1) is 7.36. The molecule has 0 fully saturated rings. The highest BCUT2D eigenvalue weighted by Gasteiger charge is 1.98. The van der Waals surface area contributed by atoms with Gasteiger partial charge in [-0.1, -0.05) is 13.8 Å². The van der Waals surface area contributed by atoms with E-state index in [9.17, 15) is 0 Å². The largest absolute Gasteiger partial charge is 0.373 e. The third-order valence-corrected chi connectivity index (χ3v) is 1.84. The Labute approximate surface area is 91.1 Å². The highest BCUT2D eigenvalue weighted by molar-refractivity contribution is 5.32. The molecule has 1 heterocycles. The van der Waals surface area contributed by atoms with Gasteiger partial charge in [0.1, 0.15) is 12.4 Å². The fraction of sp³-hybridized carbons (Fsp3) is 0.636. The van der Waals surface area contributed by atoms with Crippen LogP contribution in [0.3, 0.4) is 0 Å².